The molecule has 0 atom stereocenters. The Kier molecular flexibility index (Phi) is 10.3. The summed E-state index contributed by atoms with van der Waals surface area (Å²) in [6, 6.07) is 0. The van der Waals surface area contributed by atoms with E-state index in [1.54, 1.807) is 0 Å². The van der Waals surface area contributed by atoms with Crippen LogP contribution in [0.15, 0.2) is 25.3 Å². The Morgan fingerprint density at radius 2 is 1.65 bits per heavy atom. The lowest BCUT2D eigenvalue weighted by atomic mass is 10.3. The standard InChI is InChI=1S/C9H18N.C2H6O4S/c1-5-8-10(4,7-3)9-6-2;1-2-6-7(3,4)5/h5-6H,1-2,7-9H2,3-4H3;2H2,1H3,(H,3,4,5)/q+1;/p-1. The van der Waals surface area contributed by atoms with E-state index in [9.17, 15) is 13.0 Å². The van der Waals surface area contributed by atoms with Gasteiger partial charge in [0.05, 0.1) is 33.3 Å². The van der Waals surface area contributed by atoms with Gasteiger partial charge in [-0.15, -0.1) is 0 Å². The normalized spacial score (nSPS) is 11.3. The third kappa shape index (κ3) is 13.2. The summed E-state index contributed by atoms with van der Waals surface area (Å²) < 4.78 is 33.0. The first-order valence-corrected chi connectivity index (χ1v) is 6.73. The van der Waals surface area contributed by atoms with Gasteiger partial charge in [0, 0.05) is 0 Å². The Bertz CT molecular complexity index is 301. The molecule has 17 heavy (non-hydrogen) atoms. The van der Waals surface area contributed by atoms with E-state index in [4.69, 9.17) is 0 Å². The van der Waals surface area contributed by atoms with Gasteiger partial charge in [0.2, 0.25) is 10.4 Å². The molecule has 0 rings (SSSR count). The minimum atomic E-state index is -4.42. The van der Waals surface area contributed by atoms with E-state index in [0.717, 1.165) is 24.1 Å². The number of rotatable bonds is 7. The van der Waals surface area contributed by atoms with Crippen molar-refractivity contribution in [3.05, 3.63) is 25.3 Å². The van der Waals surface area contributed by atoms with E-state index in [2.05, 4.69) is 31.3 Å². The smallest absolute Gasteiger partial charge is 0.217 e. The Labute approximate surface area is 105 Å². The summed E-state index contributed by atoms with van der Waals surface area (Å²) >= 11 is 0. The van der Waals surface area contributed by atoms with Gasteiger partial charge in [-0.25, -0.2) is 8.42 Å². The molecule has 0 radical (unpaired) electrons. The maximum Gasteiger partial charge on any atom is 0.217 e. The lowest BCUT2D eigenvalue weighted by Crippen LogP contribution is -2.43. The maximum absolute atomic E-state index is 9.45. The molecule has 0 bridgehead atoms. The van der Waals surface area contributed by atoms with Gasteiger partial charge >= 0.3 is 0 Å². The zero-order valence-electron chi connectivity index (χ0n) is 10.9. The van der Waals surface area contributed by atoms with E-state index in [0.29, 0.717) is 0 Å². The summed E-state index contributed by atoms with van der Waals surface area (Å²) in [5.41, 5.74) is 0. The number of nitrogens with zero attached hydrogens (tertiary/aromatic N) is 1. The number of hydrogen-bond acceptors (Lipinski definition) is 4. The zero-order valence-corrected chi connectivity index (χ0v) is 11.7. The third-order valence-corrected chi connectivity index (χ3v) is 2.69. The maximum atomic E-state index is 9.45. The Morgan fingerprint density at radius 3 is 1.76 bits per heavy atom. The molecular weight excluding hydrogens is 242 g/mol. The molecule has 0 saturated carbocycles. The second-order valence-electron chi connectivity index (χ2n) is 3.69. The van der Waals surface area contributed by atoms with E-state index >= 15 is 0 Å². The summed E-state index contributed by atoms with van der Waals surface area (Å²) in [7, 11) is -2.21. The van der Waals surface area contributed by atoms with Crippen LogP contribution in [-0.2, 0) is 14.6 Å². The first-order valence-electron chi connectivity index (χ1n) is 5.40. The van der Waals surface area contributed by atoms with E-state index in [-0.39, 0.29) is 6.61 Å². The van der Waals surface area contributed by atoms with Crippen LogP contribution in [0, 0.1) is 0 Å². The molecule has 0 fully saturated rings. The van der Waals surface area contributed by atoms with Gasteiger partial charge in [0.1, 0.15) is 0 Å². The fourth-order valence-electron chi connectivity index (χ4n) is 1.10. The van der Waals surface area contributed by atoms with Crippen LogP contribution in [0.4, 0.5) is 0 Å². The molecule has 0 N–H and O–H groups in total. The molecular formula is C11H23NO4S. The fraction of sp³-hybridized carbons (Fsp3) is 0.636. The van der Waals surface area contributed by atoms with Crippen LogP contribution in [-0.4, -0.2) is 50.7 Å². The number of likely N-dealkylation sites (N-methyl/N-ethyl adjacent to an activating group) is 1. The van der Waals surface area contributed by atoms with Gasteiger partial charge in [-0.05, 0) is 26.0 Å². The molecule has 0 saturated heterocycles. The van der Waals surface area contributed by atoms with Crippen molar-refractivity contribution in [1.82, 2.24) is 0 Å². The lowest BCUT2D eigenvalue weighted by Gasteiger charge is -2.30. The zero-order chi connectivity index (χ0) is 13.9. The first-order chi connectivity index (χ1) is 7.74. The fourth-order valence-corrected chi connectivity index (χ4v) is 1.39. The average molecular weight is 265 g/mol. The van der Waals surface area contributed by atoms with Gasteiger partial charge in [-0.3, -0.25) is 4.18 Å². The van der Waals surface area contributed by atoms with Crippen LogP contribution in [0.25, 0.3) is 0 Å². The van der Waals surface area contributed by atoms with Crippen LogP contribution in [0.2, 0.25) is 0 Å². The van der Waals surface area contributed by atoms with Gasteiger partial charge in [-0.2, -0.15) is 0 Å². The molecule has 0 spiro atoms. The van der Waals surface area contributed by atoms with Crippen LogP contribution in [0.3, 0.4) is 0 Å². The van der Waals surface area contributed by atoms with Gasteiger partial charge < -0.3 is 9.04 Å². The highest BCUT2D eigenvalue weighted by Gasteiger charge is 2.13. The quantitative estimate of drug-likeness (QED) is 0.301. The predicted molar refractivity (Wildman–Crippen MR) is 68.2 cm³/mol. The molecule has 0 aromatic rings. The van der Waals surface area contributed by atoms with Gasteiger partial charge in [0.15, 0.2) is 0 Å². The van der Waals surface area contributed by atoms with Crippen LogP contribution in [0.5, 0.6) is 0 Å². The summed E-state index contributed by atoms with van der Waals surface area (Å²) in [6.07, 6.45) is 3.93. The first kappa shape index (κ1) is 18.7. The van der Waals surface area contributed by atoms with Crippen LogP contribution < -0.4 is 0 Å². The van der Waals surface area contributed by atoms with Crippen molar-refractivity contribution in [3.8, 4) is 0 Å². The summed E-state index contributed by atoms with van der Waals surface area (Å²) in [5.74, 6) is 0. The predicted octanol–water partition coefficient (Wildman–Crippen LogP) is 1.31. The summed E-state index contributed by atoms with van der Waals surface area (Å²) in [4.78, 5) is 0. The number of quaternary nitrogens is 1. The Balaban J connectivity index is 0. The minimum absolute atomic E-state index is 0.0914. The Hall–Kier alpha value is -0.690. The highest BCUT2D eigenvalue weighted by Crippen LogP contribution is 2.00. The van der Waals surface area contributed by atoms with Crippen LogP contribution in [0.1, 0.15) is 13.8 Å². The van der Waals surface area contributed by atoms with Gasteiger partial charge in [-0.1, -0.05) is 13.2 Å². The minimum Gasteiger partial charge on any atom is -0.726 e. The average Bonchev–Trinajstić information content (AvgIpc) is 2.17. The molecule has 102 valence electrons. The molecule has 0 aliphatic rings. The molecule has 0 amide bonds. The molecule has 6 heteroatoms. The number of hydrogen-bond donors (Lipinski definition) is 0. The Morgan fingerprint density at radius 1 is 1.24 bits per heavy atom. The molecule has 0 aliphatic heterocycles. The van der Waals surface area contributed by atoms with Crippen LogP contribution >= 0.6 is 0 Å². The lowest BCUT2D eigenvalue weighted by molar-refractivity contribution is -0.896. The SMILES string of the molecule is C=CC[N+](C)(CC)CC=C.CCOS(=O)(=O)[O-]. The van der Waals surface area contributed by atoms with Crippen molar-refractivity contribution in [2.45, 2.75) is 13.8 Å². The van der Waals surface area contributed by atoms with E-state index in [1.165, 1.54) is 6.92 Å². The largest absolute Gasteiger partial charge is 0.726 e. The topological polar surface area (TPSA) is 66.4 Å². The van der Waals surface area contributed by atoms with Crippen molar-refractivity contribution in [3.63, 3.8) is 0 Å². The monoisotopic (exact) mass is 265 g/mol. The van der Waals surface area contributed by atoms with Crippen molar-refractivity contribution in [2.75, 3.05) is 33.3 Å². The summed E-state index contributed by atoms with van der Waals surface area (Å²) in [6.45, 7) is 14.2. The van der Waals surface area contributed by atoms with Crippen molar-refractivity contribution < 1.29 is 21.6 Å². The second kappa shape index (κ2) is 9.35. The van der Waals surface area contributed by atoms with E-state index < -0.39 is 10.4 Å². The highest BCUT2D eigenvalue weighted by atomic mass is 32.3. The molecule has 0 aliphatic carbocycles. The van der Waals surface area contributed by atoms with E-state index in [1.807, 2.05) is 12.2 Å². The van der Waals surface area contributed by atoms with Crippen molar-refractivity contribution >= 4 is 10.4 Å². The highest BCUT2D eigenvalue weighted by molar-refractivity contribution is 7.80. The van der Waals surface area contributed by atoms with Gasteiger partial charge in [0.25, 0.3) is 0 Å². The van der Waals surface area contributed by atoms with Crippen molar-refractivity contribution in [1.29, 1.82) is 0 Å². The molecule has 0 heterocycles. The molecule has 0 aromatic heterocycles. The molecule has 5 nitrogen and oxygen atoms in total. The third-order valence-electron chi connectivity index (χ3n) is 2.17. The summed E-state index contributed by atoms with van der Waals surface area (Å²) in [5, 5.41) is 0. The molecule has 0 aromatic carbocycles. The molecule has 0 unspecified atom stereocenters. The second-order valence-corrected chi connectivity index (χ2v) is 4.75. The van der Waals surface area contributed by atoms with Crippen molar-refractivity contribution in [2.24, 2.45) is 0 Å².